The molecule has 0 rings (SSSR count). The summed E-state index contributed by atoms with van der Waals surface area (Å²) in [6, 6.07) is -0.501. The number of nitrogens with zero attached hydrogens (tertiary/aromatic N) is 1. The van der Waals surface area contributed by atoms with Crippen LogP contribution in [0.1, 0.15) is 33.6 Å². The molecule has 19 heavy (non-hydrogen) atoms. The fraction of sp³-hybridized carbons (Fsp3) is 0.846. The molecule has 2 amide bonds. The molecule has 3 N–H and O–H groups in total. The number of carbonyl (C=O) groups is 2. The van der Waals surface area contributed by atoms with Gasteiger partial charge in [0.1, 0.15) is 0 Å². The van der Waals surface area contributed by atoms with Crippen molar-refractivity contribution < 1.29 is 14.3 Å². The van der Waals surface area contributed by atoms with Crippen LogP contribution in [0.25, 0.3) is 0 Å². The van der Waals surface area contributed by atoms with Gasteiger partial charge in [-0.1, -0.05) is 0 Å². The Balaban J connectivity index is 4.26. The third-order valence-electron chi connectivity index (χ3n) is 2.66. The first-order valence-electron chi connectivity index (χ1n) is 6.75. The van der Waals surface area contributed by atoms with E-state index in [1.165, 1.54) is 4.90 Å². The van der Waals surface area contributed by atoms with Crippen LogP contribution in [0.15, 0.2) is 0 Å². The fourth-order valence-electron chi connectivity index (χ4n) is 1.69. The zero-order chi connectivity index (χ0) is 14.8. The lowest BCUT2D eigenvalue weighted by atomic mass is 10.1. The molecule has 112 valence electrons. The highest BCUT2D eigenvalue weighted by molar-refractivity contribution is 5.87. The van der Waals surface area contributed by atoms with Crippen LogP contribution < -0.4 is 11.1 Å². The maximum Gasteiger partial charge on any atom is 0.239 e. The lowest BCUT2D eigenvalue weighted by molar-refractivity contribution is -0.137. The first kappa shape index (κ1) is 17.9. The molecule has 0 spiro atoms. The standard InChI is InChI=1S/C13H27N3O3/c1-5-16(9-12(17)15-10(2)3)13(18)11(14)7-6-8-19-4/h10-11H,5-9,14H2,1-4H3,(H,15,17). The second-order valence-corrected chi connectivity index (χ2v) is 4.82. The maximum atomic E-state index is 12.1. The van der Waals surface area contributed by atoms with Crippen LogP contribution in [0.4, 0.5) is 0 Å². The molecule has 0 aliphatic carbocycles. The van der Waals surface area contributed by atoms with E-state index in [9.17, 15) is 9.59 Å². The average Bonchev–Trinajstić information content (AvgIpc) is 2.34. The van der Waals surface area contributed by atoms with E-state index in [0.29, 0.717) is 19.6 Å². The summed E-state index contributed by atoms with van der Waals surface area (Å²) in [4.78, 5) is 25.2. The molecular formula is C13H27N3O3. The Kier molecular flexibility index (Phi) is 9.16. The molecule has 0 fully saturated rings. The van der Waals surface area contributed by atoms with E-state index in [2.05, 4.69) is 5.32 Å². The third kappa shape index (κ3) is 7.79. The van der Waals surface area contributed by atoms with Crippen LogP contribution in [-0.2, 0) is 14.3 Å². The van der Waals surface area contributed by atoms with Crippen molar-refractivity contribution in [2.24, 2.45) is 5.73 Å². The van der Waals surface area contributed by atoms with Crippen molar-refractivity contribution in [3.05, 3.63) is 0 Å². The maximum absolute atomic E-state index is 12.1. The van der Waals surface area contributed by atoms with Crippen LogP contribution in [-0.4, -0.2) is 55.6 Å². The summed E-state index contributed by atoms with van der Waals surface area (Å²) in [7, 11) is 1.61. The average molecular weight is 273 g/mol. The zero-order valence-corrected chi connectivity index (χ0v) is 12.4. The second-order valence-electron chi connectivity index (χ2n) is 4.82. The Morgan fingerprint density at radius 3 is 2.47 bits per heavy atom. The van der Waals surface area contributed by atoms with Crippen molar-refractivity contribution in [2.45, 2.75) is 45.7 Å². The van der Waals surface area contributed by atoms with Crippen LogP contribution in [0.5, 0.6) is 0 Å². The molecule has 0 radical (unpaired) electrons. The van der Waals surface area contributed by atoms with Gasteiger partial charge in [0.25, 0.3) is 0 Å². The van der Waals surface area contributed by atoms with Gasteiger partial charge in [0.05, 0.1) is 12.6 Å². The number of likely N-dealkylation sites (N-methyl/N-ethyl adjacent to an activating group) is 1. The molecule has 1 atom stereocenters. The zero-order valence-electron chi connectivity index (χ0n) is 12.4. The van der Waals surface area contributed by atoms with Crippen molar-refractivity contribution in [3.8, 4) is 0 Å². The number of ether oxygens (including phenoxy) is 1. The second kappa shape index (κ2) is 9.75. The van der Waals surface area contributed by atoms with Crippen molar-refractivity contribution in [2.75, 3.05) is 26.8 Å². The van der Waals surface area contributed by atoms with Gasteiger partial charge in [0.15, 0.2) is 0 Å². The van der Waals surface area contributed by atoms with Gasteiger partial charge in [-0.25, -0.2) is 0 Å². The Labute approximate surface area is 115 Å². The number of nitrogens with one attached hydrogen (secondary N) is 1. The summed E-state index contributed by atoms with van der Waals surface area (Å²) in [5.41, 5.74) is 5.83. The normalized spacial score (nSPS) is 12.3. The number of amides is 2. The molecule has 6 nitrogen and oxygen atoms in total. The first-order chi connectivity index (χ1) is 8.92. The molecular weight excluding hydrogens is 246 g/mol. The number of nitrogens with two attached hydrogens (primary N) is 1. The monoisotopic (exact) mass is 273 g/mol. The minimum absolute atomic E-state index is 0.0610. The number of rotatable bonds is 9. The van der Waals surface area contributed by atoms with Crippen molar-refractivity contribution in [1.29, 1.82) is 0 Å². The highest BCUT2D eigenvalue weighted by Crippen LogP contribution is 2.01. The van der Waals surface area contributed by atoms with Crippen LogP contribution in [0, 0.1) is 0 Å². The molecule has 0 aromatic carbocycles. The van der Waals surface area contributed by atoms with E-state index in [1.54, 1.807) is 7.11 Å². The molecule has 0 saturated heterocycles. The molecule has 0 aliphatic rings. The summed E-state index contributed by atoms with van der Waals surface area (Å²) in [5.74, 6) is -0.341. The number of methoxy groups -OCH3 is 1. The Morgan fingerprint density at radius 1 is 1.37 bits per heavy atom. The van der Waals surface area contributed by atoms with Gasteiger partial charge in [0, 0.05) is 26.3 Å². The summed E-state index contributed by atoms with van der Waals surface area (Å²) >= 11 is 0. The molecule has 0 heterocycles. The summed E-state index contributed by atoms with van der Waals surface area (Å²) < 4.78 is 4.92. The molecule has 0 aromatic heterocycles. The van der Waals surface area contributed by atoms with Gasteiger partial charge in [-0.05, 0) is 33.6 Å². The summed E-state index contributed by atoms with van der Waals surface area (Å²) in [5, 5.41) is 2.76. The van der Waals surface area contributed by atoms with Crippen molar-refractivity contribution >= 4 is 11.8 Å². The van der Waals surface area contributed by atoms with Crippen LogP contribution >= 0.6 is 0 Å². The lowest BCUT2D eigenvalue weighted by Crippen LogP contribution is -2.48. The Hall–Kier alpha value is -1.14. The number of hydrogen-bond acceptors (Lipinski definition) is 4. The molecule has 1 unspecified atom stereocenters. The van der Waals surface area contributed by atoms with E-state index in [4.69, 9.17) is 10.5 Å². The molecule has 0 aromatic rings. The molecule has 0 saturated carbocycles. The van der Waals surface area contributed by atoms with Gasteiger partial charge in [0.2, 0.25) is 11.8 Å². The van der Waals surface area contributed by atoms with Crippen LogP contribution in [0.2, 0.25) is 0 Å². The van der Waals surface area contributed by atoms with Gasteiger partial charge >= 0.3 is 0 Å². The quantitative estimate of drug-likeness (QED) is 0.584. The molecule has 6 heteroatoms. The van der Waals surface area contributed by atoms with E-state index in [1.807, 2.05) is 20.8 Å². The number of hydrogen-bond donors (Lipinski definition) is 2. The molecule has 0 bridgehead atoms. The lowest BCUT2D eigenvalue weighted by Gasteiger charge is -2.24. The van der Waals surface area contributed by atoms with Crippen molar-refractivity contribution in [3.63, 3.8) is 0 Å². The van der Waals surface area contributed by atoms with E-state index >= 15 is 0 Å². The van der Waals surface area contributed by atoms with Gasteiger partial charge < -0.3 is 20.7 Å². The molecule has 0 aliphatic heterocycles. The van der Waals surface area contributed by atoms with E-state index in [-0.39, 0.29) is 24.4 Å². The topological polar surface area (TPSA) is 84.7 Å². The number of carbonyl (C=O) groups excluding carboxylic acids is 2. The minimum Gasteiger partial charge on any atom is -0.385 e. The predicted octanol–water partition coefficient (Wildman–Crippen LogP) is 0.113. The fourth-order valence-corrected chi connectivity index (χ4v) is 1.69. The SMILES string of the molecule is CCN(CC(=O)NC(C)C)C(=O)C(N)CCCOC. The Morgan fingerprint density at radius 2 is 2.00 bits per heavy atom. The minimum atomic E-state index is -0.568. The van der Waals surface area contributed by atoms with Crippen LogP contribution in [0.3, 0.4) is 0 Å². The largest absolute Gasteiger partial charge is 0.385 e. The third-order valence-corrected chi connectivity index (χ3v) is 2.66. The first-order valence-corrected chi connectivity index (χ1v) is 6.75. The summed E-state index contributed by atoms with van der Waals surface area (Å²) in [6.07, 6.45) is 1.30. The highest BCUT2D eigenvalue weighted by Gasteiger charge is 2.21. The van der Waals surface area contributed by atoms with Gasteiger partial charge in [-0.2, -0.15) is 0 Å². The van der Waals surface area contributed by atoms with E-state index < -0.39 is 6.04 Å². The van der Waals surface area contributed by atoms with E-state index in [0.717, 1.165) is 6.42 Å². The van der Waals surface area contributed by atoms with Crippen molar-refractivity contribution in [1.82, 2.24) is 10.2 Å². The summed E-state index contributed by atoms with van der Waals surface area (Å²) in [6.45, 7) is 6.72. The highest BCUT2D eigenvalue weighted by atomic mass is 16.5. The van der Waals surface area contributed by atoms with Gasteiger partial charge in [-0.15, -0.1) is 0 Å². The van der Waals surface area contributed by atoms with Gasteiger partial charge in [-0.3, -0.25) is 9.59 Å². The smallest absolute Gasteiger partial charge is 0.239 e. The predicted molar refractivity (Wildman–Crippen MR) is 74.6 cm³/mol. The Bertz CT molecular complexity index is 282.